The summed E-state index contributed by atoms with van der Waals surface area (Å²) in [6.45, 7) is 8.32. The SMILES string of the molecule is CCC1(CC)CNC(C)C(c2ccc(F)cc2)OC1. The van der Waals surface area contributed by atoms with Crippen molar-refractivity contribution in [3.05, 3.63) is 35.6 Å². The van der Waals surface area contributed by atoms with Crippen molar-refractivity contribution in [1.29, 1.82) is 0 Å². The number of rotatable bonds is 3. The van der Waals surface area contributed by atoms with Gasteiger partial charge in [0, 0.05) is 18.0 Å². The first-order valence-electron chi connectivity index (χ1n) is 7.20. The Bertz CT molecular complexity index is 400. The molecule has 1 N–H and O–H groups in total. The Balaban J connectivity index is 2.16. The van der Waals surface area contributed by atoms with Gasteiger partial charge in [-0.1, -0.05) is 26.0 Å². The predicted molar refractivity (Wildman–Crippen MR) is 75.6 cm³/mol. The molecule has 2 atom stereocenters. The lowest BCUT2D eigenvalue weighted by atomic mass is 9.83. The Morgan fingerprint density at radius 3 is 2.47 bits per heavy atom. The summed E-state index contributed by atoms with van der Waals surface area (Å²) in [7, 11) is 0. The van der Waals surface area contributed by atoms with Gasteiger partial charge >= 0.3 is 0 Å². The van der Waals surface area contributed by atoms with Crippen LogP contribution in [0.4, 0.5) is 4.39 Å². The summed E-state index contributed by atoms with van der Waals surface area (Å²) in [5, 5.41) is 3.58. The van der Waals surface area contributed by atoms with E-state index in [1.807, 2.05) is 12.1 Å². The molecule has 2 rings (SSSR count). The molecule has 0 spiro atoms. The van der Waals surface area contributed by atoms with E-state index >= 15 is 0 Å². The van der Waals surface area contributed by atoms with Gasteiger partial charge < -0.3 is 10.1 Å². The van der Waals surface area contributed by atoms with E-state index in [0.29, 0.717) is 0 Å². The van der Waals surface area contributed by atoms with Gasteiger partial charge in [0.15, 0.2) is 0 Å². The van der Waals surface area contributed by atoms with E-state index in [-0.39, 0.29) is 23.4 Å². The number of hydrogen-bond acceptors (Lipinski definition) is 2. The predicted octanol–water partition coefficient (Wildman–Crippen LogP) is 3.68. The Morgan fingerprint density at radius 1 is 1.26 bits per heavy atom. The highest BCUT2D eigenvalue weighted by Crippen LogP contribution is 2.33. The Morgan fingerprint density at radius 2 is 1.89 bits per heavy atom. The average molecular weight is 265 g/mol. The Hall–Kier alpha value is -0.930. The van der Waals surface area contributed by atoms with Crippen molar-refractivity contribution in [3.8, 4) is 0 Å². The molecular formula is C16H24FNO. The molecule has 0 aromatic heterocycles. The number of benzene rings is 1. The third-order valence-corrected chi connectivity index (χ3v) is 4.52. The molecule has 0 radical (unpaired) electrons. The van der Waals surface area contributed by atoms with Crippen LogP contribution < -0.4 is 5.32 Å². The quantitative estimate of drug-likeness (QED) is 0.900. The van der Waals surface area contributed by atoms with Crippen LogP contribution in [0.3, 0.4) is 0 Å². The second-order valence-corrected chi connectivity index (χ2v) is 5.66. The number of halogens is 1. The minimum Gasteiger partial charge on any atom is -0.371 e. The van der Waals surface area contributed by atoms with Gasteiger partial charge in [-0.05, 0) is 37.5 Å². The lowest BCUT2D eigenvalue weighted by Crippen LogP contribution is -2.37. The van der Waals surface area contributed by atoms with E-state index in [2.05, 4.69) is 26.1 Å². The van der Waals surface area contributed by atoms with Crippen LogP contribution in [-0.2, 0) is 4.74 Å². The van der Waals surface area contributed by atoms with Crippen molar-refractivity contribution in [1.82, 2.24) is 5.32 Å². The van der Waals surface area contributed by atoms with Crippen molar-refractivity contribution in [2.45, 2.75) is 45.8 Å². The molecule has 1 heterocycles. The number of nitrogens with one attached hydrogen (secondary N) is 1. The summed E-state index contributed by atoms with van der Waals surface area (Å²) in [5.74, 6) is -0.200. The van der Waals surface area contributed by atoms with Crippen LogP contribution in [-0.4, -0.2) is 19.2 Å². The number of ether oxygens (including phenoxy) is 1. The van der Waals surface area contributed by atoms with Gasteiger partial charge in [-0.2, -0.15) is 0 Å². The minimum atomic E-state index is -0.200. The van der Waals surface area contributed by atoms with E-state index in [9.17, 15) is 4.39 Å². The zero-order valence-corrected chi connectivity index (χ0v) is 12.1. The fourth-order valence-electron chi connectivity index (χ4n) is 2.69. The third-order valence-electron chi connectivity index (χ3n) is 4.52. The lowest BCUT2D eigenvalue weighted by Gasteiger charge is -2.29. The molecule has 0 saturated carbocycles. The standard InChI is InChI=1S/C16H24FNO/c1-4-16(5-2)10-18-12(3)15(19-11-16)13-6-8-14(17)9-7-13/h6-9,12,15,18H,4-5,10-11H2,1-3H3. The maximum absolute atomic E-state index is 13.0. The fourth-order valence-corrected chi connectivity index (χ4v) is 2.69. The molecule has 1 fully saturated rings. The zero-order chi connectivity index (χ0) is 13.9. The highest BCUT2D eigenvalue weighted by atomic mass is 19.1. The molecule has 1 saturated heterocycles. The normalized spacial score (nSPS) is 26.9. The van der Waals surface area contributed by atoms with Gasteiger partial charge in [0.25, 0.3) is 0 Å². The van der Waals surface area contributed by atoms with E-state index in [1.165, 1.54) is 12.1 Å². The molecule has 1 aliphatic rings. The summed E-state index contributed by atoms with van der Waals surface area (Å²) in [4.78, 5) is 0. The third kappa shape index (κ3) is 3.15. The van der Waals surface area contributed by atoms with Crippen LogP contribution in [0.1, 0.15) is 45.3 Å². The maximum atomic E-state index is 13.0. The van der Waals surface area contributed by atoms with Gasteiger partial charge in [-0.15, -0.1) is 0 Å². The molecule has 0 aliphatic carbocycles. The highest BCUT2D eigenvalue weighted by molar-refractivity contribution is 5.20. The number of hydrogen-bond donors (Lipinski definition) is 1. The minimum absolute atomic E-state index is 0.000532. The molecule has 1 aromatic rings. The smallest absolute Gasteiger partial charge is 0.123 e. The molecule has 2 nitrogen and oxygen atoms in total. The van der Waals surface area contributed by atoms with Gasteiger partial charge in [0.1, 0.15) is 5.82 Å². The van der Waals surface area contributed by atoms with Crippen molar-refractivity contribution >= 4 is 0 Å². The summed E-state index contributed by atoms with van der Waals surface area (Å²) < 4.78 is 19.2. The zero-order valence-electron chi connectivity index (χ0n) is 12.1. The van der Waals surface area contributed by atoms with Crippen LogP contribution in [0.25, 0.3) is 0 Å². The van der Waals surface area contributed by atoms with E-state index < -0.39 is 0 Å². The van der Waals surface area contributed by atoms with Crippen molar-refractivity contribution in [2.24, 2.45) is 5.41 Å². The summed E-state index contributed by atoms with van der Waals surface area (Å²) in [6, 6.07) is 6.89. The van der Waals surface area contributed by atoms with E-state index in [1.54, 1.807) is 0 Å². The van der Waals surface area contributed by atoms with E-state index in [4.69, 9.17) is 4.74 Å². The van der Waals surface area contributed by atoms with Crippen LogP contribution >= 0.6 is 0 Å². The first-order chi connectivity index (χ1) is 9.10. The average Bonchev–Trinajstić information content (AvgIpc) is 2.60. The Labute approximate surface area is 115 Å². The topological polar surface area (TPSA) is 21.3 Å². The molecule has 0 bridgehead atoms. The fraction of sp³-hybridized carbons (Fsp3) is 0.625. The van der Waals surface area contributed by atoms with E-state index in [0.717, 1.165) is 31.6 Å². The summed E-state index contributed by atoms with van der Waals surface area (Å²) >= 11 is 0. The highest BCUT2D eigenvalue weighted by Gasteiger charge is 2.34. The molecule has 19 heavy (non-hydrogen) atoms. The molecule has 1 aromatic carbocycles. The van der Waals surface area contributed by atoms with Crippen LogP contribution in [0.5, 0.6) is 0 Å². The largest absolute Gasteiger partial charge is 0.371 e. The van der Waals surface area contributed by atoms with Gasteiger partial charge in [0.05, 0.1) is 12.7 Å². The maximum Gasteiger partial charge on any atom is 0.123 e. The van der Waals surface area contributed by atoms with Crippen molar-refractivity contribution < 1.29 is 9.13 Å². The first-order valence-corrected chi connectivity index (χ1v) is 7.20. The lowest BCUT2D eigenvalue weighted by molar-refractivity contribution is -0.000568. The second-order valence-electron chi connectivity index (χ2n) is 5.66. The van der Waals surface area contributed by atoms with Gasteiger partial charge in [-0.25, -0.2) is 4.39 Å². The van der Waals surface area contributed by atoms with Crippen LogP contribution in [0, 0.1) is 11.2 Å². The van der Waals surface area contributed by atoms with Crippen molar-refractivity contribution in [2.75, 3.05) is 13.2 Å². The first kappa shape index (κ1) is 14.5. The van der Waals surface area contributed by atoms with Gasteiger partial charge in [0.2, 0.25) is 0 Å². The van der Waals surface area contributed by atoms with Crippen LogP contribution in [0.2, 0.25) is 0 Å². The molecule has 0 amide bonds. The molecular weight excluding hydrogens is 241 g/mol. The van der Waals surface area contributed by atoms with Crippen molar-refractivity contribution in [3.63, 3.8) is 0 Å². The molecule has 2 unspecified atom stereocenters. The molecule has 1 aliphatic heterocycles. The Kier molecular flexibility index (Phi) is 4.58. The summed E-state index contributed by atoms with van der Waals surface area (Å²) in [6.07, 6.45) is 2.22. The monoisotopic (exact) mass is 265 g/mol. The van der Waals surface area contributed by atoms with Gasteiger partial charge in [-0.3, -0.25) is 0 Å². The molecule has 106 valence electrons. The van der Waals surface area contributed by atoms with Crippen LogP contribution in [0.15, 0.2) is 24.3 Å². The second kappa shape index (κ2) is 6.02. The molecule has 3 heteroatoms. The summed E-state index contributed by atoms with van der Waals surface area (Å²) in [5.41, 5.74) is 1.27.